The molecule has 2 aliphatic heterocycles. The van der Waals surface area contributed by atoms with Gasteiger partial charge in [0.15, 0.2) is 12.1 Å². The Balaban J connectivity index is 1.68. The lowest BCUT2D eigenvalue weighted by Gasteiger charge is -2.25. The normalized spacial score (nSPS) is 29.5. The fraction of sp³-hybridized carbons (Fsp3) is 0.381. The Morgan fingerprint density at radius 3 is 2.59 bits per heavy atom. The van der Waals surface area contributed by atoms with Crippen molar-refractivity contribution >= 4 is 21.7 Å². The monoisotopic (exact) mass is 369 g/mol. The van der Waals surface area contributed by atoms with Crippen molar-refractivity contribution in [3.8, 4) is 0 Å². The number of halogens is 1. The smallest absolute Gasteiger partial charge is 0.190 e. The quantitative estimate of drug-likeness (QED) is 0.637. The van der Waals surface area contributed by atoms with Crippen molar-refractivity contribution in [1.29, 1.82) is 0 Å². The maximum Gasteiger partial charge on any atom is 0.190 e. The van der Waals surface area contributed by atoms with E-state index < -0.39 is 18.2 Å². The van der Waals surface area contributed by atoms with Crippen LogP contribution in [-0.2, 0) is 18.9 Å². The molecule has 27 heavy (non-hydrogen) atoms. The molecule has 0 N–H and O–H groups in total. The van der Waals surface area contributed by atoms with Gasteiger partial charge in [-0.3, -0.25) is 0 Å². The van der Waals surface area contributed by atoms with Gasteiger partial charge < -0.3 is 18.9 Å². The van der Waals surface area contributed by atoms with E-state index >= 15 is 0 Å². The summed E-state index contributed by atoms with van der Waals surface area (Å²) in [5.41, 5.74) is 1.46. The summed E-state index contributed by atoms with van der Waals surface area (Å²) in [7, 11) is 1.64. The second-order valence-electron chi connectivity index (χ2n) is 7.43. The highest BCUT2D eigenvalue weighted by atomic mass is 19.1. The van der Waals surface area contributed by atoms with Crippen LogP contribution >= 0.6 is 0 Å². The van der Waals surface area contributed by atoms with Gasteiger partial charge in [0.2, 0.25) is 0 Å². The van der Waals surface area contributed by atoms with Gasteiger partial charge in [-0.2, -0.15) is 0 Å². The first-order chi connectivity index (χ1) is 13.0. The van der Waals surface area contributed by atoms with Gasteiger partial charge in [-0.05, 0) is 37.4 Å². The molecule has 2 aromatic carbocycles. The third-order valence-corrected chi connectivity index (χ3v) is 5.23. The lowest BCUT2D eigenvalue weighted by atomic mass is 9.98. The Hall–Kier alpha value is -2.12. The van der Waals surface area contributed by atoms with Gasteiger partial charge in [0.25, 0.3) is 0 Å². The molecule has 3 heterocycles. The lowest BCUT2D eigenvalue weighted by Crippen LogP contribution is -2.33. The number of rotatable bonds is 2. The number of ether oxygens (including phenoxy) is 4. The third-order valence-electron chi connectivity index (χ3n) is 5.23. The second-order valence-corrected chi connectivity index (χ2v) is 7.43. The zero-order valence-electron chi connectivity index (χ0n) is 15.3. The lowest BCUT2D eigenvalue weighted by molar-refractivity contribution is -0.218. The number of pyridine rings is 1. The van der Waals surface area contributed by atoms with Crippen LogP contribution in [0.15, 0.2) is 42.5 Å². The predicted octanol–water partition coefficient (Wildman–Crippen LogP) is 4.09. The van der Waals surface area contributed by atoms with Gasteiger partial charge >= 0.3 is 0 Å². The Morgan fingerprint density at radius 2 is 1.81 bits per heavy atom. The van der Waals surface area contributed by atoms with Gasteiger partial charge in [0.05, 0.1) is 11.2 Å². The number of methoxy groups -OCH3 is 1. The van der Waals surface area contributed by atoms with Crippen molar-refractivity contribution in [3.05, 3.63) is 54.0 Å². The average Bonchev–Trinajstić information content (AvgIpc) is 3.12. The summed E-state index contributed by atoms with van der Waals surface area (Å²) in [4.78, 5) is 4.81. The molecule has 140 valence electrons. The highest BCUT2D eigenvalue weighted by Gasteiger charge is 2.56. The molecule has 0 saturated carbocycles. The van der Waals surface area contributed by atoms with Crippen molar-refractivity contribution in [2.24, 2.45) is 0 Å². The third kappa shape index (κ3) is 2.63. The molecule has 2 saturated heterocycles. The Bertz CT molecular complexity index is 1040. The first-order valence-corrected chi connectivity index (χ1v) is 8.99. The molecule has 1 aromatic heterocycles. The number of nitrogens with zero attached hydrogens (tertiary/aromatic N) is 1. The topological polar surface area (TPSA) is 49.8 Å². The van der Waals surface area contributed by atoms with Gasteiger partial charge in [-0.15, -0.1) is 0 Å². The molecule has 0 radical (unpaired) electrons. The van der Waals surface area contributed by atoms with E-state index in [1.54, 1.807) is 13.2 Å². The summed E-state index contributed by atoms with van der Waals surface area (Å²) in [6.45, 7) is 3.71. The summed E-state index contributed by atoms with van der Waals surface area (Å²) in [6.07, 6.45) is -1.65. The minimum atomic E-state index is -0.715. The molecule has 6 heteroatoms. The predicted molar refractivity (Wildman–Crippen MR) is 97.7 cm³/mol. The molecular formula is C21H20FNO4. The highest BCUT2D eigenvalue weighted by Crippen LogP contribution is 2.45. The van der Waals surface area contributed by atoms with Crippen molar-refractivity contribution in [2.45, 2.75) is 44.2 Å². The van der Waals surface area contributed by atoms with Gasteiger partial charge in [-0.1, -0.05) is 24.3 Å². The molecule has 0 amide bonds. The summed E-state index contributed by atoms with van der Waals surface area (Å²) in [6, 6.07) is 12.4. The first-order valence-electron chi connectivity index (χ1n) is 8.99. The van der Waals surface area contributed by atoms with E-state index in [1.807, 2.05) is 38.1 Å². The maximum atomic E-state index is 13.8. The van der Waals surface area contributed by atoms with Crippen LogP contribution in [0.4, 0.5) is 4.39 Å². The van der Waals surface area contributed by atoms with E-state index in [9.17, 15) is 4.39 Å². The van der Waals surface area contributed by atoms with Crippen LogP contribution in [0.3, 0.4) is 0 Å². The van der Waals surface area contributed by atoms with E-state index in [0.29, 0.717) is 5.52 Å². The largest absolute Gasteiger partial charge is 0.375 e. The molecule has 0 unspecified atom stereocenters. The summed E-state index contributed by atoms with van der Waals surface area (Å²) in [5, 5.41) is 2.60. The Kier molecular flexibility index (Phi) is 3.74. The zero-order valence-corrected chi connectivity index (χ0v) is 15.3. The minimum Gasteiger partial charge on any atom is -0.375 e. The molecule has 5 rings (SSSR count). The molecule has 3 aromatic rings. The summed E-state index contributed by atoms with van der Waals surface area (Å²) < 4.78 is 37.6. The first kappa shape index (κ1) is 17.0. The Morgan fingerprint density at radius 1 is 1.04 bits per heavy atom. The van der Waals surface area contributed by atoms with E-state index in [1.165, 1.54) is 12.1 Å². The van der Waals surface area contributed by atoms with Crippen LogP contribution in [0.2, 0.25) is 0 Å². The van der Waals surface area contributed by atoms with Crippen LogP contribution in [0.1, 0.15) is 25.6 Å². The van der Waals surface area contributed by atoms with E-state index in [0.717, 1.165) is 21.9 Å². The summed E-state index contributed by atoms with van der Waals surface area (Å²) in [5.74, 6) is -0.999. The molecule has 2 aliphatic rings. The van der Waals surface area contributed by atoms with E-state index in [2.05, 4.69) is 0 Å². The number of benzene rings is 2. The minimum absolute atomic E-state index is 0.285. The van der Waals surface area contributed by atoms with Crippen LogP contribution in [-0.4, -0.2) is 36.4 Å². The summed E-state index contributed by atoms with van der Waals surface area (Å²) >= 11 is 0. The van der Waals surface area contributed by atoms with E-state index in [-0.39, 0.29) is 18.0 Å². The van der Waals surface area contributed by atoms with Gasteiger partial charge in [0, 0.05) is 17.9 Å². The number of aromatic nitrogens is 1. The standard InChI is InChI=1S/C21H20FNO4/c1-21(2)26-19-18(24-3)17(25-20(19)27-21)16-13-7-5-4-6-12(13)14-10-11(22)8-9-15(14)23-16/h4-10,17-20H,1-3H3/t17-,18-,19+,20+/m0/s1. The molecule has 5 nitrogen and oxygen atoms in total. The van der Waals surface area contributed by atoms with Crippen molar-refractivity contribution < 1.29 is 23.3 Å². The molecule has 0 bridgehead atoms. The van der Waals surface area contributed by atoms with Crippen molar-refractivity contribution in [1.82, 2.24) is 4.98 Å². The van der Waals surface area contributed by atoms with Gasteiger partial charge in [-0.25, -0.2) is 9.37 Å². The fourth-order valence-corrected chi connectivity index (χ4v) is 4.13. The fourth-order valence-electron chi connectivity index (χ4n) is 4.13. The molecule has 2 fully saturated rings. The zero-order chi connectivity index (χ0) is 18.8. The maximum absolute atomic E-state index is 13.8. The SMILES string of the molecule is CO[C@@H]1[C@H]2OC(C)(C)O[C@H]2O[C@H]1c1nc2ccc(F)cc2c2ccccc12. The van der Waals surface area contributed by atoms with Crippen LogP contribution < -0.4 is 0 Å². The average molecular weight is 369 g/mol. The molecular weight excluding hydrogens is 349 g/mol. The van der Waals surface area contributed by atoms with Crippen LogP contribution in [0.5, 0.6) is 0 Å². The highest BCUT2D eigenvalue weighted by molar-refractivity contribution is 6.06. The van der Waals surface area contributed by atoms with Gasteiger partial charge in [0.1, 0.15) is 24.1 Å². The van der Waals surface area contributed by atoms with Crippen molar-refractivity contribution in [2.75, 3.05) is 7.11 Å². The Labute approximate surface area is 156 Å². The van der Waals surface area contributed by atoms with Crippen LogP contribution in [0, 0.1) is 5.82 Å². The number of hydrogen-bond acceptors (Lipinski definition) is 5. The second kappa shape index (κ2) is 5.94. The van der Waals surface area contributed by atoms with Crippen molar-refractivity contribution in [3.63, 3.8) is 0 Å². The van der Waals surface area contributed by atoms with Crippen LogP contribution in [0.25, 0.3) is 21.7 Å². The number of hydrogen-bond donors (Lipinski definition) is 0. The molecule has 0 aliphatic carbocycles. The molecule has 0 spiro atoms. The molecule has 4 atom stereocenters. The number of fused-ring (bicyclic) bond motifs is 4. The van der Waals surface area contributed by atoms with E-state index in [4.69, 9.17) is 23.9 Å².